The summed E-state index contributed by atoms with van der Waals surface area (Å²) in [6.45, 7) is 6.15. The van der Waals surface area contributed by atoms with Gasteiger partial charge in [0.05, 0.1) is 5.69 Å². The number of hydrogen-bond acceptors (Lipinski definition) is 2. The summed E-state index contributed by atoms with van der Waals surface area (Å²) in [4.78, 5) is 2.25. The molecular formula is C17H27FN2. The molecule has 2 rings (SSSR count). The van der Waals surface area contributed by atoms with E-state index < -0.39 is 0 Å². The zero-order chi connectivity index (χ0) is 14.5. The third kappa shape index (κ3) is 3.51. The van der Waals surface area contributed by atoms with Crippen LogP contribution in [0.25, 0.3) is 0 Å². The number of nitrogens with zero attached hydrogens (tertiary/aromatic N) is 1. The van der Waals surface area contributed by atoms with Crippen molar-refractivity contribution in [2.75, 3.05) is 18.0 Å². The lowest BCUT2D eigenvalue weighted by Gasteiger charge is -2.40. The normalized spacial score (nSPS) is 26.5. The first-order valence-corrected chi connectivity index (χ1v) is 7.84. The molecule has 1 aromatic rings. The van der Waals surface area contributed by atoms with Crippen LogP contribution in [0.5, 0.6) is 0 Å². The lowest BCUT2D eigenvalue weighted by Crippen LogP contribution is -2.42. The molecule has 2 N–H and O–H groups in total. The van der Waals surface area contributed by atoms with Gasteiger partial charge in [0.2, 0.25) is 0 Å². The second-order valence-corrected chi connectivity index (χ2v) is 6.21. The Hall–Kier alpha value is -1.09. The average molecular weight is 278 g/mol. The van der Waals surface area contributed by atoms with Crippen molar-refractivity contribution in [2.45, 2.75) is 45.6 Å². The van der Waals surface area contributed by atoms with Crippen molar-refractivity contribution < 1.29 is 4.39 Å². The van der Waals surface area contributed by atoms with Gasteiger partial charge in [0.1, 0.15) is 5.82 Å². The molecule has 1 aliphatic rings. The maximum atomic E-state index is 14.1. The monoisotopic (exact) mass is 278 g/mol. The van der Waals surface area contributed by atoms with Gasteiger partial charge >= 0.3 is 0 Å². The lowest BCUT2D eigenvalue weighted by atomic mass is 9.78. The SMILES string of the molecule is CC1CCC(N(CCCN)c2ccccc2F)CC1C. The Morgan fingerprint density at radius 1 is 1.20 bits per heavy atom. The van der Waals surface area contributed by atoms with Gasteiger partial charge in [-0.05, 0) is 56.2 Å². The van der Waals surface area contributed by atoms with Crippen molar-refractivity contribution in [3.8, 4) is 0 Å². The van der Waals surface area contributed by atoms with E-state index in [1.54, 1.807) is 12.1 Å². The van der Waals surface area contributed by atoms with E-state index in [-0.39, 0.29) is 5.82 Å². The fraction of sp³-hybridized carbons (Fsp3) is 0.647. The van der Waals surface area contributed by atoms with Crippen LogP contribution >= 0.6 is 0 Å². The fourth-order valence-electron chi connectivity index (χ4n) is 3.25. The van der Waals surface area contributed by atoms with Gasteiger partial charge in [-0.2, -0.15) is 0 Å². The molecule has 1 aliphatic carbocycles. The lowest BCUT2D eigenvalue weighted by molar-refractivity contribution is 0.243. The van der Waals surface area contributed by atoms with Crippen molar-refractivity contribution in [3.63, 3.8) is 0 Å². The van der Waals surface area contributed by atoms with E-state index >= 15 is 0 Å². The van der Waals surface area contributed by atoms with E-state index in [0.717, 1.165) is 37.4 Å². The molecule has 0 bridgehead atoms. The molecular weight excluding hydrogens is 251 g/mol. The number of benzene rings is 1. The minimum absolute atomic E-state index is 0.115. The second kappa shape index (κ2) is 7.07. The molecule has 0 heterocycles. The van der Waals surface area contributed by atoms with E-state index in [1.807, 2.05) is 12.1 Å². The number of anilines is 1. The van der Waals surface area contributed by atoms with Gasteiger partial charge in [-0.3, -0.25) is 0 Å². The van der Waals surface area contributed by atoms with Gasteiger partial charge in [-0.25, -0.2) is 4.39 Å². The molecule has 3 atom stereocenters. The summed E-state index contributed by atoms with van der Waals surface area (Å²) >= 11 is 0. The summed E-state index contributed by atoms with van der Waals surface area (Å²) in [6.07, 6.45) is 4.46. The largest absolute Gasteiger partial charge is 0.366 e. The molecule has 0 saturated heterocycles. The van der Waals surface area contributed by atoms with Crippen LogP contribution in [-0.4, -0.2) is 19.1 Å². The third-order valence-corrected chi connectivity index (χ3v) is 4.78. The molecule has 1 saturated carbocycles. The fourth-order valence-corrected chi connectivity index (χ4v) is 3.25. The summed E-state index contributed by atoms with van der Waals surface area (Å²) < 4.78 is 14.1. The predicted octanol–water partition coefficient (Wildman–Crippen LogP) is 3.81. The highest BCUT2D eigenvalue weighted by Crippen LogP contribution is 2.34. The molecule has 1 aromatic carbocycles. The molecule has 0 radical (unpaired) electrons. The topological polar surface area (TPSA) is 29.3 Å². The Bertz CT molecular complexity index is 421. The summed E-state index contributed by atoms with van der Waals surface area (Å²) in [7, 11) is 0. The molecule has 3 heteroatoms. The van der Waals surface area contributed by atoms with Crippen LogP contribution in [0.15, 0.2) is 24.3 Å². The molecule has 2 nitrogen and oxygen atoms in total. The minimum Gasteiger partial charge on any atom is -0.366 e. The predicted molar refractivity (Wildman–Crippen MR) is 83.4 cm³/mol. The first kappa shape index (κ1) is 15.3. The molecule has 1 fully saturated rings. The Kier molecular flexibility index (Phi) is 5.41. The van der Waals surface area contributed by atoms with Crippen LogP contribution in [-0.2, 0) is 0 Å². The van der Waals surface area contributed by atoms with Gasteiger partial charge in [0.15, 0.2) is 0 Å². The summed E-state index contributed by atoms with van der Waals surface area (Å²) in [5, 5.41) is 0. The Balaban J connectivity index is 2.17. The zero-order valence-electron chi connectivity index (χ0n) is 12.7. The van der Waals surface area contributed by atoms with Crippen molar-refractivity contribution in [1.82, 2.24) is 0 Å². The van der Waals surface area contributed by atoms with Crippen LogP contribution in [0.2, 0.25) is 0 Å². The number of rotatable bonds is 5. The van der Waals surface area contributed by atoms with Crippen molar-refractivity contribution >= 4 is 5.69 Å². The Morgan fingerprint density at radius 2 is 1.95 bits per heavy atom. The first-order valence-electron chi connectivity index (χ1n) is 7.84. The van der Waals surface area contributed by atoms with E-state index in [1.165, 1.54) is 6.42 Å². The summed E-state index contributed by atoms with van der Waals surface area (Å²) in [5.74, 6) is 1.37. The maximum Gasteiger partial charge on any atom is 0.146 e. The van der Waals surface area contributed by atoms with E-state index in [9.17, 15) is 4.39 Å². The van der Waals surface area contributed by atoms with E-state index in [4.69, 9.17) is 5.73 Å². The van der Waals surface area contributed by atoms with Crippen molar-refractivity contribution in [1.29, 1.82) is 0 Å². The van der Waals surface area contributed by atoms with Crippen molar-refractivity contribution in [2.24, 2.45) is 17.6 Å². The number of hydrogen-bond donors (Lipinski definition) is 1. The molecule has 0 spiro atoms. The van der Waals surface area contributed by atoms with Gasteiger partial charge < -0.3 is 10.6 Å². The number of halogens is 1. The number of para-hydroxylation sites is 1. The molecule has 0 aromatic heterocycles. The molecule has 112 valence electrons. The van der Waals surface area contributed by atoms with E-state index in [0.29, 0.717) is 18.5 Å². The molecule has 0 amide bonds. The summed E-state index contributed by atoms with van der Waals surface area (Å²) in [6, 6.07) is 7.58. The van der Waals surface area contributed by atoms with Gasteiger partial charge in [0.25, 0.3) is 0 Å². The smallest absolute Gasteiger partial charge is 0.146 e. The van der Waals surface area contributed by atoms with E-state index in [2.05, 4.69) is 18.7 Å². The summed E-state index contributed by atoms with van der Waals surface area (Å²) in [5.41, 5.74) is 6.39. The van der Waals surface area contributed by atoms with Gasteiger partial charge in [-0.15, -0.1) is 0 Å². The van der Waals surface area contributed by atoms with Gasteiger partial charge in [0, 0.05) is 12.6 Å². The van der Waals surface area contributed by atoms with Crippen LogP contribution < -0.4 is 10.6 Å². The quantitative estimate of drug-likeness (QED) is 0.887. The van der Waals surface area contributed by atoms with Crippen molar-refractivity contribution in [3.05, 3.63) is 30.1 Å². The maximum absolute atomic E-state index is 14.1. The van der Waals surface area contributed by atoms with Gasteiger partial charge in [-0.1, -0.05) is 26.0 Å². The highest BCUT2D eigenvalue weighted by molar-refractivity contribution is 5.48. The molecule has 0 aliphatic heterocycles. The highest BCUT2D eigenvalue weighted by Gasteiger charge is 2.29. The van der Waals surface area contributed by atoms with Crippen LogP contribution in [0.1, 0.15) is 39.5 Å². The van der Waals surface area contributed by atoms with Crippen LogP contribution in [0.4, 0.5) is 10.1 Å². The zero-order valence-corrected chi connectivity index (χ0v) is 12.7. The number of nitrogens with two attached hydrogens (primary N) is 1. The standard InChI is InChI=1S/C17H27FN2/c1-13-8-9-15(12-14(13)2)20(11-5-10-19)17-7-4-3-6-16(17)18/h3-4,6-7,13-15H,5,8-12,19H2,1-2H3. The molecule has 3 unspecified atom stereocenters. The Morgan fingerprint density at radius 3 is 2.60 bits per heavy atom. The first-order chi connectivity index (χ1) is 9.63. The van der Waals surface area contributed by atoms with Crippen LogP contribution in [0.3, 0.4) is 0 Å². The average Bonchev–Trinajstić information content (AvgIpc) is 2.44. The minimum atomic E-state index is -0.115. The Labute approximate surface area is 122 Å². The highest BCUT2D eigenvalue weighted by atomic mass is 19.1. The molecule has 20 heavy (non-hydrogen) atoms. The third-order valence-electron chi connectivity index (χ3n) is 4.78. The second-order valence-electron chi connectivity index (χ2n) is 6.21. The van der Waals surface area contributed by atoms with Crippen LogP contribution in [0, 0.1) is 17.7 Å².